The number of aliphatic hydroxyl groups excluding tert-OH is 2. The van der Waals surface area contributed by atoms with Crippen LogP contribution in [-0.4, -0.2) is 50.6 Å². The van der Waals surface area contributed by atoms with Gasteiger partial charge in [-0.25, -0.2) is 14.6 Å². The molecule has 2 atom stereocenters. The van der Waals surface area contributed by atoms with Gasteiger partial charge in [-0.2, -0.15) is 0 Å². The Morgan fingerprint density at radius 2 is 2.00 bits per heavy atom. The summed E-state index contributed by atoms with van der Waals surface area (Å²) in [5, 5.41) is 30.9. The number of ether oxygens (including phenoxy) is 1. The highest BCUT2D eigenvalue weighted by Gasteiger charge is 2.23. The van der Waals surface area contributed by atoms with E-state index in [-0.39, 0.29) is 22.8 Å². The van der Waals surface area contributed by atoms with Gasteiger partial charge in [0.25, 0.3) is 0 Å². The van der Waals surface area contributed by atoms with Gasteiger partial charge in [-0.05, 0) is 26.8 Å². The van der Waals surface area contributed by atoms with Gasteiger partial charge >= 0.3 is 12.1 Å². The topological polar surface area (TPSA) is 129 Å². The highest BCUT2D eigenvalue weighted by Crippen LogP contribution is 2.21. The predicted octanol–water partition coefficient (Wildman–Crippen LogP) is 1.35. The molecule has 1 aromatic heterocycles. The van der Waals surface area contributed by atoms with Crippen LogP contribution >= 0.6 is 11.6 Å². The molecule has 128 valence electrons. The van der Waals surface area contributed by atoms with Crippen molar-refractivity contribution in [1.82, 2.24) is 10.3 Å². The summed E-state index contributed by atoms with van der Waals surface area (Å²) in [5.74, 6) is -1.31. The number of carbonyl (C=O) groups excluding carboxylic acids is 1. The summed E-state index contributed by atoms with van der Waals surface area (Å²) in [6.07, 6.45) is -2.43. The molecule has 23 heavy (non-hydrogen) atoms. The lowest BCUT2D eigenvalue weighted by atomic mass is 10.0. The van der Waals surface area contributed by atoms with E-state index in [1.54, 1.807) is 20.8 Å². The van der Waals surface area contributed by atoms with Gasteiger partial charge in [-0.15, -0.1) is 0 Å². The molecule has 0 bridgehead atoms. The molecule has 1 aromatic rings. The van der Waals surface area contributed by atoms with E-state index in [1.807, 2.05) is 0 Å². The molecule has 1 amide bonds. The van der Waals surface area contributed by atoms with Crippen LogP contribution in [0.3, 0.4) is 0 Å². The first kappa shape index (κ1) is 19.1. The number of carboxylic acids is 1. The third kappa shape index (κ3) is 6.01. The average Bonchev–Trinajstić information content (AvgIpc) is 2.42. The van der Waals surface area contributed by atoms with Crippen molar-refractivity contribution in [1.29, 1.82) is 0 Å². The lowest BCUT2D eigenvalue weighted by Crippen LogP contribution is -2.38. The Hall–Kier alpha value is -1.90. The second-order valence-corrected chi connectivity index (χ2v) is 6.17. The predicted molar refractivity (Wildman–Crippen MR) is 81.4 cm³/mol. The Morgan fingerprint density at radius 1 is 1.39 bits per heavy atom. The number of aromatic carboxylic acids is 1. The molecule has 1 rings (SSSR count). The smallest absolute Gasteiger partial charge is 0.407 e. The van der Waals surface area contributed by atoms with Gasteiger partial charge in [0, 0.05) is 18.3 Å². The lowest BCUT2D eigenvalue weighted by Gasteiger charge is -2.22. The Bertz CT molecular complexity index is 587. The summed E-state index contributed by atoms with van der Waals surface area (Å²) in [6, 6.07) is 1.11. The Balaban J connectivity index is 2.70. The molecule has 0 fully saturated rings. The Labute approximate surface area is 138 Å². The van der Waals surface area contributed by atoms with Crippen LogP contribution in [0.1, 0.15) is 42.8 Å². The van der Waals surface area contributed by atoms with Crippen LogP contribution in [0, 0.1) is 0 Å². The number of rotatable bonds is 5. The summed E-state index contributed by atoms with van der Waals surface area (Å²) in [5.41, 5.74) is -0.926. The summed E-state index contributed by atoms with van der Waals surface area (Å²) in [4.78, 5) is 26.1. The van der Waals surface area contributed by atoms with Crippen molar-refractivity contribution >= 4 is 23.7 Å². The van der Waals surface area contributed by atoms with Gasteiger partial charge in [0.15, 0.2) is 0 Å². The molecular weight excluding hydrogens is 328 g/mol. The monoisotopic (exact) mass is 346 g/mol. The third-order valence-electron chi connectivity index (χ3n) is 2.65. The Morgan fingerprint density at radius 3 is 2.52 bits per heavy atom. The van der Waals surface area contributed by atoms with E-state index in [0.29, 0.717) is 0 Å². The van der Waals surface area contributed by atoms with Crippen LogP contribution in [0.15, 0.2) is 12.3 Å². The minimum absolute atomic E-state index is 0.0605. The van der Waals surface area contributed by atoms with Crippen molar-refractivity contribution in [2.75, 3.05) is 6.54 Å². The fourth-order valence-electron chi connectivity index (χ4n) is 1.61. The zero-order chi connectivity index (χ0) is 17.8. The first-order valence-corrected chi connectivity index (χ1v) is 7.11. The molecule has 0 saturated carbocycles. The SMILES string of the molecule is CC(C)(C)OC(=O)NCC(O)C(O)c1cnc(Cl)c(C(=O)O)c1. The van der Waals surface area contributed by atoms with Gasteiger partial charge in [0.1, 0.15) is 23.0 Å². The quantitative estimate of drug-likeness (QED) is 0.592. The van der Waals surface area contributed by atoms with E-state index in [4.69, 9.17) is 21.4 Å². The van der Waals surface area contributed by atoms with Crippen molar-refractivity contribution in [2.24, 2.45) is 0 Å². The number of halogens is 1. The van der Waals surface area contributed by atoms with Crippen molar-refractivity contribution in [3.05, 3.63) is 28.5 Å². The molecule has 2 unspecified atom stereocenters. The third-order valence-corrected chi connectivity index (χ3v) is 2.95. The first-order chi connectivity index (χ1) is 10.5. The molecule has 0 radical (unpaired) electrons. The molecule has 0 aliphatic heterocycles. The van der Waals surface area contributed by atoms with Gasteiger partial charge in [0.05, 0.1) is 5.56 Å². The molecule has 0 saturated heterocycles. The fraction of sp³-hybridized carbons (Fsp3) is 0.500. The van der Waals surface area contributed by atoms with E-state index in [0.717, 1.165) is 12.3 Å². The molecule has 1 heterocycles. The maximum atomic E-state index is 11.5. The molecule has 9 heteroatoms. The zero-order valence-corrected chi connectivity index (χ0v) is 13.7. The number of alkyl carbamates (subject to hydrolysis) is 1. The number of hydrogen-bond donors (Lipinski definition) is 4. The Kier molecular flexibility index (Phi) is 6.31. The molecule has 0 aromatic carbocycles. The van der Waals surface area contributed by atoms with Crippen LogP contribution < -0.4 is 5.32 Å². The van der Waals surface area contributed by atoms with Crippen LogP contribution in [0.25, 0.3) is 0 Å². The van der Waals surface area contributed by atoms with Crippen molar-refractivity contribution in [3.63, 3.8) is 0 Å². The number of carboxylic acid groups (broad SMARTS) is 1. The molecule has 0 spiro atoms. The maximum Gasteiger partial charge on any atom is 0.407 e. The number of amides is 1. The van der Waals surface area contributed by atoms with Gasteiger partial charge in [-0.3, -0.25) is 0 Å². The van der Waals surface area contributed by atoms with Crippen molar-refractivity contribution in [2.45, 2.75) is 38.6 Å². The van der Waals surface area contributed by atoms with Crippen molar-refractivity contribution < 1.29 is 29.6 Å². The fourth-order valence-corrected chi connectivity index (χ4v) is 1.80. The van der Waals surface area contributed by atoms with E-state index in [1.165, 1.54) is 0 Å². The highest BCUT2D eigenvalue weighted by atomic mass is 35.5. The number of aromatic nitrogens is 1. The first-order valence-electron chi connectivity index (χ1n) is 6.73. The molecule has 0 aliphatic rings. The number of pyridine rings is 1. The molecule has 8 nitrogen and oxygen atoms in total. The van der Waals surface area contributed by atoms with Crippen molar-refractivity contribution in [3.8, 4) is 0 Å². The second-order valence-electron chi connectivity index (χ2n) is 5.81. The van der Waals surface area contributed by atoms with Crippen LogP contribution in [0.4, 0.5) is 4.79 Å². The van der Waals surface area contributed by atoms with Gasteiger partial charge in [0.2, 0.25) is 0 Å². The van der Waals surface area contributed by atoms with E-state index in [2.05, 4.69) is 10.3 Å². The van der Waals surface area contributed by atoms with Gasteiger partial charge in [-0.1, -0.05) is 11.6 Å². The normalized spacial score (nSPS) is 14.0. The molecule has 4 N–H and O–H groups in total. The minimum atomic E-state index is -1.45. The number of nitrogens with zero attached hydrogens (tertiary/aromatic N) is 1. The molecular formula is C14H19ClN2O6. The second kappa shape index (κ2) is 7.58. The average molecular weight is 347 g/mol. The highest BCUT2D eigenvalue weighted by molar-refractivity contribution is 6.32. The zero-order valence-electron chi connectivity index (χ0n) is 12.9. The van der Waals surface area contributed by atoms with E-state index in [9.17, 15) is 19.8 Å². The van der Waals surface area contributed by atoms with E-state index < -0.39 is 29.9 Å². The summed E-state index contributed by atoms with van der Waals surface area (Å²) < 4.78 is 4.99. The minimum Gasteiger partial charge on any atom is -0.478 e. The van der Waals surface area contributed by atoms with Crippen LogP contribution in [-0.2, 0) is 4.74 Å². The largest absolute Gasteiger partial charge is 0.478 e. The summed E-state index contributed by atoms with van der Waals surface area (Å²) in [7, 11) is 0. The summed E-state index contributed by atoms with van der Waals surface area (Å²) >= 11 is 5.63. The van der Waals surface area contributed by atoms with Crippen LogP contribution in [0.5, 0.6) is 0 Å². The summed E-state index contributed by atoms with van der Waals surface area (Å²) in [6.45, 7) is 4.76. The number of hydrogen-bond acceptors (Lipinski definition) is 6. The van der Waals surface area contributed by atoms with Crippen LogP contribution in [0.2, 0.25) is 5.15 Å². The lowest BCUT2D eigenvalue weighted by molar-refractivity contribution is 0.0127. The maximum absolute atomic E-state index is 11.5. The number of nitrogens with one attached hydrogen (secondary N) is 1. The standard InChI is InChI=1S/C14H19ClN2O6/c1-14(2,3)23-13(22)17-6-9(18)10(19)7-4-8(12(20)21)11(15)16-5-7/h4-5,9-10,18-19H,6H2,1-3H3,(H,17,22)(H,20,21). The molecule has 0 aliphatic carbocycles. The number of aliphatic hydroxyl groups is 2. The number of carbonyl (C=O) groups is 2. The van der Waals surface area contributed by atoms with E-state index >= 15 is 0 Å². The van der Waals surface area contributed by atoms with Gasteiger partial charge < -0.3 is 25.4 Å².